The predicted octanol–water partition coefficient (Wildman–Crippen LogP) is 2.77. The summed E-state index contributed by atoms with van der Waals surface area (Å²) in [5.41, 5.74) is -0.443. The zero-order valence-corrected chi connectivity index (χ0v) is 12.0. The number of ether oxygens (including phenoxy) is 3. The second kappa shape index (κ2) is 6.26. The van der Waals surface area contributed by atoms with Crippen molar-refractivity contribution >= 4 is 28.6 Å². The van der Waals surface area contributed by atoms with E-state index in [1.165, 1.54) is 36.6 Å². The number of carbonyl (C=O) groups excluding carboxylic acids is 1. The number of esters is 1. The summed E-state index contributed by atoms with van der Waals surface area (Å²) in [7, 11) is 1.20. The molecule has 1 heterocycles. The Bertz CT molecular complexity index is 479. The number of nitrogens with zero attached hydrogens (tertiary/aromatic N) is 1. The summed E-state index contributed by atoms with van der Waals surface area (Å²) in [6.07, 6.45) is -3.83. The fourth-order valence-electron chi connectivity index (χ4n) is 1.21. The van der Waals surface area contributed by atoms with Crippen molar-refractivity contribution < 1.29 is 32.2 Å². The number of methoxy groups -OCH3 is 1. The van der Waals surface area contributed by atoms with E-state index >= 15 is 0 Å². The van der Waals surface area contributed by atoms with Crippen molar-refractivity contribution in [2.24, 2.45) is 0 Å². The predicted molar refractivity (Wildman–Crippen MR) is 66.1 cm³/mol. The molecule has 1 aromatic rings. The molecule has 0 aliphatic carbocycles. The maximum Gasteiger partial charge on any atom is 0.573 e. The Labute approximate surface area is 120 Å². The molecule has 1 rings (SSSR count). The van der Waals surface area contributed by atoms with Crippen LogP contribution in [0.3, 0.4) is 0 Å². The Kier molecular flexibility index (Phi) is 5.20. The molecule has 0 N–H and O–H groups in total. The van der Waals surface area contributed by atoms with Crippen molar-refractivity contribution in [2.75, 3.05) is 13.7 Å². The van der Waals surface area contributed by atoms with Gasteiger partial charge in [0.1, 0.15) is 9.26 Å². The molecule has 0 atom stereocenters. The van der Waals surface area contributed by atoms with Gasteiger partial charge < -0.3 is 14.2 Å². The van der Waals surface area contributed by atoms with Crippen LogP contribution >= 0.6 is 22.6 Å². The van der Waals surface area contributed by atoms with Gasteiger partial charge in [-0.15, -0.1) is 13.2 Å². The van der Waals surface area contributed by atoms with Crippen LogP contribution in [-0.2, 0) is 4.74 Å². The molecule has 0 radical (unpaired) electrons. The highest BCUT2D eigenvalue weighted by molar-refractivity contribution is 14.1. The summed E-state index contributed by atoms with van der Waals surface area (Å²) in [4.78, 5) is 15.4. The van der Waals surface area contributed by atoms with E-state index in [4.69, 9.17) is 4.74 Å². The number of carbonyl (C=O) groups is 1. The first kappa shape index (κ1) is 15.8. The lowest BCUT2D eigenvalue weighted by atomic mass is 10.2. The Morgan fingerprint density at radius 3 is 2.58 bits per heavy atom. The summed E-state index contributed by atoms with van der Waals surface area (Å²) in [5.74, 6) is -1.86. The highest BCUT2D eigenvalue weighted by atomic mass is 127. The van der Waals surface area contributed by atoms with Crippen molar-refractivity contribution in [1.82, 2.24) is 4.98 Å². The van der Waals surface area contributed by atoms with E-state index in [-0.39, 0.29) is 16.1 Å². The first-order valence-corrected chi connectivity index (χ1v) is 6.03. The Hall–Kier alpha value is -1.26. The minimum atomic E-state index is -4.95. The molecule has 0 amide bonds. The quantitative estimate of drug-likeness (QED) is 0.449. The van der Waals surface area contributed by atoms with E-state index in [1.54, 1.807) is 0 Å². The summed E-state index contributed by atoms with van der Waals surface area (Å²) in [6, 6.07) is 0. The summed E-state index contributed by atoms with van der Waals surface area (Å²) < 4.78 is 50.2. The minimum absolute atomic E-state index is 0.00630. The van der Waals surface area contributed by atoms with Crippen LogP contribution in [0.2, 0.25) is 0 Å². The van der Waals surface area contributed by atoms with Gasteiger partial charge in [-0.25, -0.2) is 9.78 Å². The molecule has 0 aromatic carbocycles. The largest absolute Gasteiger partial charge is 0.573 e. The Morgan fingerprint density at radius 1 is 1.47 bits per heavy atom. The lowest BCUT2D eigenvalue weighted by Gasteiger charge is -2.15. The van der Waals surface area contributed by atoms with Gasteiger partial charge in [-0.1, -0.05) is 0 Å². The van der Waals surface area contributed by atoms with E-state index in [0.717, 1.165) is 6.20 Å². The number of alkyl halides is 3. The van der Waals surface area contributed by atoms with Crippen LogP contribution in [0, 0.1) is 3.70 Å². The molecule has 0 saturated heterocycles. The molecule has 0 aliphatic rings. The third-order valence-electron chi connectivity index (χ3n) is 1.87. The summed E-state index contributed by atoms with van der Waals surface area (Å²) in [5, 5.41) is 0. The summed E-state index contributed by atoms with van der Waals surface area (Å²) in [6.45, 7) is 1.53. The standard InChI is InChI=1S/C10H9F3INO4/c1-3-18-9(16)6-5(17-2)4-15-8(14)7(6)19-10(11,12)13/h4H,3H2,1-2H3. The fraction of sp³-hybridized carbons (Fsp3) is 0.400. The second-order valence-electron chi connectivity index (χ2n) is 3.09. The minimum Gasteiger partial charge on any atom is -0.494 e. The molecule has 5 nitrogen and oxygen atoms in total. The molecule has 0 unspecified atom stereocenters. The molecule has 0 saturated carbocycles. The maximum atomic E-state index is 12.3. The Morgan fingerprint density at radius 2 is 2.11 bits per heavy atom. The molecule has 0 fully saturated rings. The molecular weight excluding hydrogens is 382 g/mol. The van der Waals surface area contributed by atoms with E-state index < -0.39 is 23.6 Å². The SMILES string of the molecule is CCOC(=O)c1c(OC)cnc(I)c1OC(F)(F)F. The van der Waals surface area contributed by atoms with Gasteiger partial charge in [0.25, 0.3) is 0 Å². The van der Waals surface area contributed by atoms with Gasteiger partial charge in [-0.3, -0.25) is 0 Å². The fourth-order valence-corrected chi connectivity index (χ4v) is 1.73. The number of pyridine rings is 1. The van der Waals surface area contributed by atoms with Gasteiger partial charge >= 0.3 is 12.3 Å². The average molecular weight is 391 g/mol. The zero-order valence-electron chi connectivity index (χ0n) is 9.88. The van der Waals surface area contributed by atoms with Crippen molar-refractivity contribution in [3.8, 4) is 11.5 Å². The van der Waals surface area contributed by atoms with Gasteiger partial charge in [0.15, 0.2) is 11.5 Å². The van der Waals surface area contributed by atoms with Crippen LogP contribution in [0.25, 0.3) is 0 Å². The summed E-state index contributed by atoms with van der Waals surface area (Å²) >= 11 is 1.52. The van der Waals surface area contributed by atoms with E-state index in [1.807, 2.05) is 0 Å². The van der Waals surface area contributed by atoms with Crippen LogP contribution in [0.4, 0.5) is 13.2 Å². The molecule has 0 spiro atoms. The normalized spacial score (nSPS) is 11.1. The van der Waals surface area contributed by atoms with Crippen LogP contribution in [0.1, 0.15) is 17.3 Å². The molecule has 0 aliphatic heterocycles. The zero-order chi connectivity index (χ0) is 14.6. The molecule has 19 heavy (non-hydrogen) atoms. The third-order valence-corrected chi connectivity index (χ3v) is 2.64. The van der Waals surface area contributed by atoms with Gasteiger partial charge in [0.05, 0.1) is 19.9 Å². The topological polar surface area (TPSA) is 57.7 Å². The maximum absolute atomic E-state index is 12.3. The van der Waals surface area contributed by atoms with Gasteiger partial charge in [0.2, 0.25) is 0 Å². The molecule has 9 heteroatoms. The lowest BCUT2D eigenvalue weighted by Crippen LogP contribution is -2.21. The smallest absolute Gasteiger partial charge is 0.494 e. The van der Waals surface area contributed by atoms with E-state index in [9.17, 15) is 18.0 Å². The third kappa shape index (κ3) is 4.11. The van der Waals surface area contributed by atoms with Crippen molar-refractivity contribution in [1.29, 1.82) is 0 Å². The van der Waals surface area contributed by atoms with E-state index in [2.05, 4.69) is 14.5 Å². The average Bonchev–Trinajstić information content (AvgIpc) is 2.30. The molecule has 1 aromatic heterocycles. The van der Waals surface area contributed by atoms with Crippen molar-refractivity contribution in [2.45, 2.75) is 13.3 Å². The van der Waals surface area contributed by atoms with Crippen molar-refractivity contribution in [3.05, 3.63) is 15.5 Å². The number of hydrogen-bond donors (Lipinski definition) is 0. The number of hydrogen-bond acceptors (Lipinski definition) is 5. The van der Waals surface area contributed by atoms with Gasteiger partial charge in [-0.05, 0) is 29.5 Å². The van der Waals surface area contributed by atoms with Gasteiger partial charge in [0, 0.05) is 0 Å². The van der Waals surface area contributed by atoms with Crippen LogP contribution in [-0.4, -0.2) is 31.0 Å². The highest BCUT2D eigenvalue weighted by Gasteiger charge is 2.36. The van der Waals surface area contributed by atoms with Crippen molar-refractivity contribution in [3.63, 3.8) is 0 Å². The monoisotopic (exact) mass is 391 g/mol. The molecule has 0 bridgehead atoms. The highest BCUT2D eigenvalue weighted by Crippen LogP contribution is 2.35. The van der Waals surface area contributed by atoms with Crippen LogP contribution < -0.4 is 9.47 Å². The number of aromatic nitrogens is 1. The number of halogens is 4. The lowest BCUT2D eigenvalue weighted by molar-refractivity contribution is -0.275. The second-order valence-corrected chi connectivity index (χ2v) is 4.11. The van der Waals surface area contributed by atoms with Crippen LogP contribution in [0.15, 0.2) is 6.20 Å². The first-order valence-electron chi connectivity index (χ1n) is 4.95. The van der Waals surface area contributed by atoms with Gasteiger partial charge in [-0.2, -0.15) is 0 Å². The Balaban J connectivity index is 3.36. The van der Waals surface area contributed by atoms with Crippen LogP contribution in [0.5, 0.6) is 11.5 Å². The molecule has 106 valence electrons. The number of rotatable bonds is 4. The van der Waals surface area contributed by atoms with E-state index in [0.29, 0.717) is 0 Å². The first-order chi connectivity index (χ1) is 8.80. The molecular formula is C10H9F3INO4.